The van der Waals surface area contributed by atoms with Crippen LogP contribution in [-0.4, -0.2) is 257 Å². The minimum Gasteiger partial charge on any atom is -0.394 e. The Morgan fingerprint density at radius 2 is 0.845 bits per heavy atom. The summed E-state index contributed by atoms with van der Waals surface area (Å²) in [5, 5.41) is 97.1. The van der Waals surface area contributed by atoms with Crippen LogP contribution in [0.25, 0.3) is 55.6 Å². The number of hydrogen-bond acceptors (Lipinski definition) is 33. The van der Waals surface area contributed by atoms with Gasteiger partial charge in [0.2, 0.25) is 23.8 Å². The minimum absolute atomic E-state index is 0.0239. The average molecular weight is 1640 g/mol. The lowest BCUT2D eigenvalue weighted by atomic mass is 9.99. The van der Waals surface area contributed by atoms with Crippen molar-refractivity contribution in [3.05, 3.63) is 85.2 Å². The van der Waals surface area contributed by atoms with Gasteiger partial charge in [-0.2, -0.15) is 19.9 Å². The smallest absolute Gasteiger partial charge is 0.280 e. The maximum Gasteiger partial charge on any atom is 0.280 e. The van der Waals surface area contributed by atoms with Gasteiger partial charge in [-0.15, -0.1) is 32.1 Å². The Morgan fingerprint density at radius 3 is 1.31 bits per heavy atom. The van der Waals surface area contributed by atoms with Gasteiger partial charge in [0.05, 0.1) is 63.6 Å². The van der Waals surface area contributed by atoms with E-state index in [1.807, 2.05) is 0 Å². The predicted molar refractivity (Wildman–Crippen MR) is 391 cm³/mol. The highest BCUT2D eigenvalue weighted by atomic mass is 35.5. The second-order valence-corrected chi connectivity index (χ2v) is 27.9. The summed E-state index contributed by atoms with van der Waals surface area (Å²) in [5.74, 6) is 10.3. The third-order valence-corrected chi connectivity index (χ3v) is 20.9. The molecule has 5 unspecified atom stereocenters. The lowest BCUT2D eigenvalue weighted by Gasteiger charge is -2.25. The predicted octanol–water partition coefficient (Wildman–Crippen LogP) is -3.76. The lowest BCUT2D eigenvalue weighted by Crippen LogP contribution is -2.41. The number of aliphatic hydroxyl groups excluding tert-OH is 10. The SMILES string of the molecule is C#CC1(Cl)[C@@H](O)[C@@H](CO)O[C@H]1n1cc(F)c2c(=O)[nH]c(N)nc21.C#CC1(Cl)[C@@H](O)[C@@H](CO)O[C@H]1n1ccc2c(=O)[nH]c(N)nc21.C#CC1(Cl)[C@@H](O)[C@@H](CO)O[C@H]1n1cnc2c(=O)[nH]c(N)nc21.C#CC1(Cl)[C@@H](O)[C@@H](CO)O[C@H]1n1cnc2c(=S)nc(N)[nH]c21.C#CC1(Cl)[C@@H](O)[C@@H](CO)O[C@H]1n1cnc2cnc(N)nc21. The molecule has 10 aromatic heterocycles. The summed E-state index contributed by atoms with van der Waals surface area (Å²) < 4.78 is 48.8. The number of hydrogen-bond donors (Lipinski definition) is 19. The number of nitrogen functional groups attached to an aromatic ring is 5. The van der Waals surface area contributed by atoms with Crippen LogP contribution in [0.15, 0.2) is 58.0 Å². The maximum absolute atomic E-state index is 14.1. The van der Waals surface area contributed by atoms with E-state index < -0.39 is 172 Å². The van der Waals surface area contributed by atoms with Gasteiger partial charge in [0.15, 0.2) is 100 Å². The van der Waals surface area contributed by atoms with Crippen molar-refractivity contribution in [2.45, 2.75) is 117 Å². The zero-order chi connectivity index (χ0) is 80.3. The molecular formula is C62H61Cl5FN23O18S. The first kappa shape index (κ1) is 81.1. The first-order chi connectivity index (χ1) is 52.1. The molecule has 41 nitrogen and oxygen atoms in total. The van der Waals surface area contributed by atoms with Gasteiger partial charge < -0.3 is 113 Å². The van der Waals surface area contributed by atoms with Gasteiger partial charge in [-0.3, -0.25) is 47.6 Å². The van der Waals surface area contributed by atoms with E-state index >= 15 is 0 Å². The van der Waals surface area contributed by atoms with Crippen molar-refractivity contribution in [3.63, 3.8) is 0 Å². The van der Waals surface area contributed by atoms with E-state index in [0.717, 1.165) is 10.8 Å². The monoisotopic (exact) mass is 1640 g/mol. The van der Waals surface area contributed by atoms with Gasteiger partial charge in [0, 0.05) is 12.4 Å². The number of nitrogens with two attached hydrogens (primary N) is 5. The molecule has 0 saturated carbocycles. The van der Waals surface area contributed by atoms with Crippen LogP contribution in [0.5, 0.6) is 0 Å². The van der Waals surface area contributed by atoms with Crippen LogP contribution in [0.1, 0.15) is 31.1 Å². The molecule has 0 aromatic carbocycles. The molecule has 0 radical (unpaired) electrons. The fourth-order valence-corrected chi connectivity index (χ4v) is 14.2. The number of nitrogens with zero attached hydrogens (tertiary/aromatic N) is 14. The molecule has 5 fully saturated rings. The van der Waals surface area contributed by atoms with E-state index in [9.17, 15) is 69.8 Å². The van der Waals surface area contributed by atoms with E-state index in [0.29, 0.717) is 22.3 Å². The van der Waals surface area contributed by atoms with Crippen LogP contribution in [0.4, 0.5) is 34.1 Å². The van der Waals surface area contributed by atoms with E-state index in [4.69, 9.17) is 155 Å². The topological polar surface area (TPSA) is 634 Å². The van der Waals surface area contributed by atoms with Crippen molar-refractivity contribution in [3.8, 4) is 61.7 Å². The lowest BCUT2D eigenvalue weighted by molar-refractivity contribution is -0.0436. The van der Waals surface area contributed by atoms with Crippen molar-refractivity contribution >= 4 is 156 Å². The fraction of sp³-hybridized carbons (Fsp3) is 0.403. The number of aliphatic hydroxyl groups is 10. The number of nitrogens with one attached hydrogen (secondary N) is 4. The number of imidazole rings is 3. The summed E-state index contributed by atoms with van der Waals surface area (Å²) in [4.78, 5) is 72.9. The molecule has 48 heteroatoms. The summed E-state index contributed by atoms with van der Waals surface area (Å²) in [6.07, 6.45) is 18.6. The molecule has 15 heterocycles. The number of fused-ring (bicyclic) bond motifs is 5. The van der Waals surface area contributed by atoms with Gasteiger partial charge in [0.25, 0.3) is 16.7 Å². The van der Waals surface area contributed by atoms with Crippen molar-refractivity contribution in [1.29, 1.82) is 0 Å². The Balaban J connectivity index is 0.000000136. The third kappa shape index (κ3) is 13.7. The molecule has 110 heavy (non-hydrogen) atoms. The zero-order valence-corrected chi connectivity index (χ0v) is 60.3. The Bertz CT molecular complexity index is 5350. The number of rotatable bonds is 10. The molecule has 0 bridgehead atoms. The van der Waals surface area contributed by atoms with Crippen molar-refractivity contribution < 1.29 is 79.1 Å². The molecule has 580 valence electrons. The van der Waals surface area contributed by atoms with E-state index in [-0.39, 0.29) is 67.6 Å². The number of terminal acetylenes is 5. The second kappa shape index (κ2) is 31.1. The Hall–Kier alpha value is -9.91. The maximum atomic E-state index is 14.1. The van der Waals surface area contributed by atoms with E-state index in [1.54, 1.807) is 0 Å². The Kier molecular flexibility index (Phi) is 22.9. The number of aromatic amines is 4. The molecule has 15 rings (SSSR count). The number of alkyl halides is 5. The zero-order valence-electron chi connectivity index (χ0n) is 55.7. The molecule has 5 aliphatic heterocycles. The van der Waals surface area contributed by atoms with Crippen LogP contribution in [0.3, 0.4) is 0 Å². The Labute approximate surface area is 644 Å². The van der Waals surface area contributed by atoms with Gasteiger partial charge in [-0.05, 0) is 6.07 Å². The van der Waals surface area contributed by atoms with Crippen LogP contribution >= 0.6 is 70.2 Å². The van der Waals surface area contributed by atoms with Crippen LogP contribution < -0.4 is 45.3 Å². The standard InChI is InChI=1S/C13H12ClFN4O4.C13H13ClN4O4.C12H12ClN5O4.C12H12ClN5O3S.C12H12ClN5O3/c1-2-13(14)8(21)6(4-20)23-11(13)19-3-5(15)7-9(19)17-12(16)18-10(7)22;1-2-13(14)8(20)7(5-19)22-11(13)18-4-3-6-9(18)16-12(15)17-10(6)21;1-2-12(13)7(20)5(3-19)22-10(12)18-4-15-6-8(18)16-11(14)17-9(6)21;1-2-12(13)7(20)5(3-19)21-10(12)18-4-15-6-8(18)16-11(14)17-9(6)22;1-2-12(13)8(20)7(4-19)21-10(12)18-5-16-6-3-15-11(14)17-9(6)18/h1,3,6,8,11,20-21H,4H2,(H3,16,17,18,22);1,3-4,7-8,11,19-20H,5H2,(H3,15,16,17,21);1,4-5,7,10,19-20H,3H2,(H3,14,16,17,21);1,4-5,7,10,19-20H,3H2,(H3,14,16,17,22);1,3,5,7-8,10,19-20H,4H2,(H2,14,15,17)/t6-,8+,11-,13?;7-,8+,11-,13?;2*5-,7+,10-,12?;7-,8+,10-,12?/m11111/s1. The molecule has 0 aliphatic carbocycles. The largest absolute Gasteiger partial charge is 0.394 e. The first-order valence-electron chi connectivity index (χ1n) is 31.5. The van der Waals surface area contributed by atoms with Crippen molar-refractivity contribution in [2.75, 3.05) is 61.7 Å². The highest BCUT2D eigenvalue weighted by Crippen LogP contribution is 2.49. The van der Waals surface area contributed by atoms with Gasteiger partial charge in [-0.1, -0.05) is 99.8 Å². The number of ether oxygens (including phenoxy) is 5. The normalized spacial score (nSPS) is 31.5. The van der Waals surface area contributed by atoms with E-state index in [1.165, 1.54) is 55.7 Å². The number of halogens is 6. The number of aromatic nitrogens is 18. The minimum atomic E-state index is -1.79. The molecule has 5 saturated heterocycles. The summed E-state index contributed by atoms with van der Waals surface area (Å²) in [6, 6.07) is 1.51. The highest BCUT2D eigenvalue weighted by Gasteiger charge is 2.60. The van der Waals surface area contributed by atoms with Crippen molar-refractivity contribution in [2.24, 2.45) is 0 Å². The highest BCUT2D eigenvalue weighted by molar-refractivity contribution is 7.71. The van der Waals surface area contributed by atoms with E-state index in [2.05, 4.69) is 94.4 Å². The molecule has 5 aliphatic rings. The van der Waals surface area contributed by atoms with Crippen LogP contribution in [-0.2, 0) is 23.7 Å². The summed E-state index contributed by atoms with van der Waals surface area (Å²) in [6.45, 7) is -2.33. The van der Waals surface area contributed by atoms with Gasteiger partial charge in [0.1, 0.15) is 83.1 Å². The summed E-state index contributed by atoms with van der Waals surface area (Å²) in [7, 11) is 0. The quantitative estimate of drug-likeness (QED) is 0.0355. The number of anilines is 5. The molecule has 10 aromatic rings. The average Bonchev–Trinajstić information content (AvgIpc) is 1.61. The summed E-state index contributed by atoms with van der Waals surface area (Å²) in [5.41, 5.74) is 27.9. The van der Waals surface area contributed by atoms with Crippen LogP contribution in [0, 0.1) is 72.2 Å². The van der Waals surface area contributed by atoms with Crippen LogP contribution in [0.2, 0.25) is 0 Å². The second-order valence-electron chi connectivity index (χ2n) is 24.4. The fourth-order valence-electron chi connectivity index (χ4n) is 12.4. The molecule has 24 N–H and O–H groups in total. The molecule has 0 amide bonds. The van der Waals surface area contributed by atoms with Crippen molar-refractivity contribution in [1.82, 2.24) is 87.6 Å². The first-order valence-corrected chi connectivity index (χ1v) is 33.8. The molecule has 20 atom stereocenters. The number of H-pyrrole nitrogens is 4. The van der Waals surface area contributed by atoms with Gasteiger partial charge >= 0.3 is 0 Å². The molecular weight excluding hydrogens is 1580 g/mol. The molecule has 0 spiro atoms. The Morgan fingerprint density at radius 1 is 0.473 bits per heavy atom. The third-order valence-electron chi connectivity index (χ3n) is 18.0. The summed E-state index contributed by atoms with van der Waals surface area (Å²) >= 11 is 36.7. The van der Waals surface area contributed by atoms with Gasteiger partial charge in [-0.25, -0.2) is 29.3 Å².